The highest BCUT2D eigenvalue weighted by Gasteiger charge is 2.28. The summed E-state index contributed by atoms with van der Waals surface area (Å²) in [6, 6.07) is 0.198. The Labute approximate surface area is 111 Å². The average Bonchev–Trinajstić information content (AvgIpc) is 2.40. The molecular formula is C14H28N2O2. The van der Waals surface area contributed by atoms with Crippen LogP contribution in [0, 0.1) is 0 Å². The summed E-state index contributed by atoms with van der Waals surface area (Å²) in [6.45, 7) is 7.56. The third-order valence-electron chi connectivity index (χ3n) is 3.91. The Morgan fingerprint density at radius 1 is 1.33 bits per heavy atom. The molecule has 0 heterocycles. The predicted octanol–water partition coefficient (Wildman–Crippen LogP) is 1.79. The quantitative estimate of drug-likeness (QED) is 0.788. The van der Waals surface area contributed by atoms with Crippen molar-refractivity contribution in [3.63, 3.8) is 0 Å². The molecule has 0 radical (unpaired) electrons. The molecule has 1 fully saturated rings. The topological polar surface area (TPSA) is 41.6 Å². The monoisotopic (exact) mass is 256 g/mol. The first-order valence-corrected chi connectivity index (χ1v) is 7.21. The number of nitrogens with one attached hydrogen (secondary N) is 1. The molecule has 3 unspecified atom stereocenters. The maximum atomic E-state index is 12.2. The van der Waals surface area contributed by atoms with E-state index in [1.807, 2.05) is 25.7 Å². The minimum absolute atomic E-state index is 0.120. The lowest BCUT2D eigenvalue weighted by molar-refractivity contribution is -0.133. The second-order valence-electron chi connectivity index (χ2n) is 5.06. The van der Waals surface area contributed by atoms with Crippen LogP contribution in [0.1, 0.15) is 46.5 Å². The van der Waals surface area contributed by atoms with Gasteiger partial charge in [0.05, 0.1) is 12.1 Å². The van der Waals surface area contributed by atoms with Crippen molar-refractivity contribution in [3.8, 4) is 0 Å². The molecule has 1 aliphatic rings. The number of hydrogen-bond acceptors (Lipinski definition) is 3. The van der Waals surface area contributed by atoms with Crippen LogP contribution in [0.2, 0.25) is 0 Å². The molecule has 0 bridgehead atoms. The van der Waals surface area contributed by atoms with Crippen molar-refractivity contribution in [3.05, 3.63) is 0 Å². The van der Waals surface area contributed by atoms with E-state index in [2.05, 4.69) is 5.32 Å². The Kier molecular flexibility index (Phi) is 6.65. The summed E-state index contributed by atoms with van der Waals surface area (Å²) in [7, 11) is 1.77. The van der Waals surface area contributed by atoms with Crippen molar-refractivity contribution in [2.75, 3.05) is 20.2 Å². The summed E-state index contributed by atoms with van der Waals surface area (Å²) in [4.78, 5) is 14.1. The van der Waals surface area contributed by atoms with Crippen LogP contribution < -0.4 is 5.32 Å². The van der Waals surface area contributed by atoms with E-state index >= 15 is 0 Å². The van der Waals surface area contributed by atoms with Crippen molar-refractivity contribution in [2.24, 2.45) is 0 Å². The molecule has 1 amide bonds. The maximum Gasteiger partial charge on any atom is 0.239 e. The zero-order valence-electron chi connectivity index (χ0n) is 12.2. The molecule has 3 atom stereocenters. The van der Waals surface area contributed by atoms with Crippen LogP contribution in [-0.4, -0.2) is 49.2 Å². The van der Waals surface area contributed by atoms with Crippen LogP contribution in [0.4, 0.5) is 0 Å². The molecule has 0 aromatic rings. The number of hydrogen-bond donors (Lipinski definition) is 1. The number of nitrogens with zero attached hydrogens (tertiary/aromatic N) is 1. The van der Waals surface area contributed by atoms with E-state index in [1.54, 1.807) is 7.11 Å². The molecule has 0 spiro atoms. The summed E-state index contributed by atoms with van der Waals surface area (Å²) < 4.78 is 5.51. The van der Waals surface area contributed by atoms with Gasteiger partial charge in [-0.1, -0.05) is 12.8 Å². The lowest BCUT2D eigenvalue weighted by Gasteiger charge is -2.34. The highest BCUT2D eigenvalue weighted by Crippen LogP contribution is 2.21. The summed E-state index contributed by atoms with van der Waals surface area (Å²) >= 11 is 0. The predicted molar refractivity (Wildman–Crippen MR) is 73.6 cm³/mol. The fourth-order valence-electron chi connectivity index (χ4n) is 2.77. The lowest BCUT2D eigenvalue weighted by Crippen LogP contribution is -2.52. The van der Waals surface area contributed by atoms with Gasteiger partial charge in [-0.25, -0.2) is 0 Å². The Morgan fingerprint density at radius 3 is 2.50 bits per heavy atom. The van der Waals surface area contributed by atoms with Gasteiger partial charge in [0.25, 0.3) is 0 Å². The first-order chi connectivity index (χ1) is 8.63. The first kappa shape index (κ1) is 15.4. The highest BCUT2D eigenvalue weighted by molar-refractivity contribution is 5.81. The van der Waals surface area contributed by atoms with Gasteiger partial charge in [0, 0.05) is 26.2 Å². The van der Waals surface area contributed by atoms with Crippen LogP contribution in [-0.2, 0) is 9.53 Å². The van der Waals surface area contributed by atoms with Gasteiger partial charge in [0.15, 0.2) is 0 Å². The molecule has 106 valence electrons. The number of likely N-dealkylation sites (N-methyl/N-ethyl adjacent to an activating group) is 1. The van der Waals surface area contributed by atoms with E-state index in [9.17, 15) is 4.79 Å². The smallest absolute Gasteiger partial charge is 0.239 e. The van der Waals surface area contributed by atoms with Gasteiger partial charge in [0.1, 0.15) is 0 Å². The molecule has 1 rings (SSSR count). The normalized spacial score (nSPS) is 25.8. The zero-order valence-corrected chi connectivity index (χ0v) is 12.2. The summed E-state index contributed by atoms with van der Waals surface area (Å²) in [6.07, 6.45) is 4.92. The Morgan fingerprint density at radius 2 is 1.94 bits per heavy atom. The van der Waals surface area contributed by atoms with E-state index in [0.29, 0.717) is 6.04 Å². The van der Waals surface area contributed by atoms with Gasteiger partial charge in [-0.05, 0) is 33.6 Å². The van der Waals surface area contributed by atoms with Crippen LogP contribution >= 0.6 is 0 Å². The third-order valence-corrected chi connectivity index (χ3v) is 3.91. The molecule has 1 N–H and O–H groups in total. The van der Waals surface area contributed by atoms with Crippen molar-refractivity contribution >= 4 is 5.91 Å². The number of rotatable bonds is 6. The van der Waals surface area contributed by atoms with Gasteiger partial charge < -0.3 is 15.0 Å². The summed E-state index contributed by atoms with van der Waals surface area (Å²) in [5, 5.41) is 3.45. The molecule has 4 heteroatoms. The van der Waals surface area contributed by atoms with E-state index in [1.165, 1.54) is 12.8 Å². The van der Waals surface area contributed by atoms with Gasteiger partial charge >= 0.3 is 0 Å². The van der Waals surface area contributed by atoms with Crippen LogP contribution in [0.5, 0.6) is 0 Å². The summed E-state index contributed by atoms with van der Waals surface area (Å²) in [5.74, 6) is 0.195. The first-order valence-electron chi connectivity index (χ1n) is 7.21. The number of carbonyl (C=O) groups is 1. The molecule has 4 nitrogen and oxygen atoms in total. The minimum atomic E-state index is -0.120. The second kappa shape index (κ2) is 7.74. The molecule has 1 saturated carbocycles. The molecule has 1 aliphatic carbocycles. The second-order valence-corrected chi connectivity index (χ2v) is 5.06. The van der Waals surface area contributed by atoms with Crippen LogP contribution in [0.15, 0.2) is 0 Å². The van der Waals surface area contributed by atoms with E-state index in [-0.39, 0.29) is 18.1 Å². The fraction of sp³-hybridized carbons (Fsp3) is 0.929. The van der Waals surface area contributed by atoms with Crippen molar-refractivity contribution in [2.45, 2.75) is 64.6 Å². The molecule has 0 aliphatic heterocycles. The van der Waals surface area contributed by atoms with Crippen LogP contribution in [0.3, 0.4) is 0 Å². The SMILES string of the molecule is CCN(CC)C(=O)C(C)NC1CCCCC1OC. The van der Waals surface area contributed by atoms with Gasteiger partial charge in [-0.3, -0.25) is 4.79 Å². The van der Waals surface area contributed by atoms with Gasteiger partial charge in [0.2, 0.25) is 5.91 Å². The lowest BCUT2D eigenvalue weighted by atomic mass is 9.92. The van der Waals surface area contributed by atoms with Crippen LogP contribution in [0.25, 0.3) is 0 Å². The maximum absolute atomic E-state index is 12.2. The summed E-state index contributed by atoms with van der Waals surface area (Å²) in [5.41, 5.74) is 0. The van der Waals surface area contributed by atoms with Crippen molar-refractivity contribution in [1.29, 1.82) is 0 Å². The number of methoxy groups -OCH3 is 1. The highest BCUT2D eigenvalue weighted by atomic mass is 16.5. The molecule has 0 saturated heterocycles. The van der Waals surface area contributed by atoms with Crippen molar-refractivity contribution < 1.29 is 9.53 Å². The molecular weight excluding hydrogens is 228 g/mol. The van der Waals surface area contributed by atoms with E-state index in [4.69, 9.17) is 4.74 Å². The molecule has 0 aromatic heterocycles. The number of carbonyl (C=O) groups excluding carboxylic acids is 1. The van der Waals surface area contributed by atoms with E-state index < -0.39 is 0 Å². The minimum Gasteiger partial charge on any atom is -0.380 e. The Bertz CT molecular complexity index is 254. The average molecular weight is 256 g/mol. The standard InChI is InChI=1S/C14H28N2O2/c1-5-16(6-2)14(17)11(3)15-12-9-7-8-10-13(12)18-4/h11-13,15H,5-10H2,1-4H3. The van der Waals surface area contributed by atoms with E-state index in [0.717, 1.165) is 25.9 Å². The number of ether oxygens (including phenoxy) is 1. The largest absolute Gasteiger partial charge is 0.380 e. The molecule has 18 heavy (non-hydrogen) atoms. The zero-order chi connectivity index (χ0) is 13.5. The van der Waals surface area contributed by atoms with Crippen molar-refractivity contribution in [1.82, 2.24) is 10.2 Å². The Balaban J connectivity index is 2.51. The Hall–Kier alpha value is -0.610. The van der Waals surface area contributed by atoms with Gasteiger partial charge in [-0.15, -0.1) is 0 Å². The third kappa shape index (κ3) is 3.95. The molecule has 0 aromatic carbocycles. The van der Waals surface area contributed by atoms with Gasteiger partial charge in [-0.2, -0.15) is 0 Å². The fourth-order valence-corrected chi connectivity index (χ4v) is 2.77. The number of amides is 1.